The summed E-state index contributed by atoms with van der Waals surface area (Å²) in [5.41, 5.74) is 1.05. The molecule has 0 aliphatic carbocycles. The molecular formula is C24H24O7S. The van der Waals surface area contributed by atoms with E-state index in [1.165, 1.54) is 36.4 Å². The Balaban J connectivity index is 1.67. The number of carboxylic acid groups (broad SMARTS) is 1. The third kappa shape index (κ3) is 6.83. The molecule has 0 aliphatic heterocycles. The molecule has 8 heteroatoms. The van der Waals surface area contributed by atoms with Gasteiger partial charge in [-0.25, -0.2) is 13.2 Å². The van der Waals surface area contributed by atoms with Crippen LogP contribution in [0.1, 0.15) is 22.8 Å². The van der Waals surface area contributed by atoms with Crippen LogP contribution in [0, 0.1) is 0 Å². The molecule has 0 unspecified atom stereocenters. The van der Waals surface area contributed by atoms with Gasteiger partial charge in [-0.2, -0.15) is 0 Å². The van der Waals surface area contributed by atoms with Crippen LogP contribution in [0.25, 0.3) is 0 Å². The van der Waals surface area contributed by atoms with E-state index in [9.17, 15) is 18.3 Å². The highest BCUT2D eigenvalue weighted by Crippen LogP contribution is 2.29. The Bertz CT molecular complexity index is 1160. The zero-order valence-electron chi connectivity index (χ0n) is 17.7. The van der Waals surface area contributed by atoms with E-state index < -0.39 is 15.8 Å². The average Bonchev–Trinajstić information content (AvgIpc) is 2.74. The minimum absolute atomic E-state index is 0.00246. The lowest BCUT2D eigenvalue weighted by molar-refractivity contribution is 0.0490. The smallest absolute Gasteiger partial charge is 0.335 e. The Hall–Kier alpha value is -3.36. The van der Waals surface area contributed by atoms with Crippen molar-refractivity contribution in [3.8, 4) is 17.2 Å². The van der Waals surface area contributed by atoms with Gasteiger partial charge in [-0.05, 0) is 48.9 Å². The lowest BCUT2D eigenvalue weighted by Gasteiger charge is -2.16. The molecule has 32 heavy (non-hydrogen) atoms. The summed E-state index contributed by atoms with van der Waals surface area (Å²) < 4.78 is 40.4. The normalized spacial score (nSPS) is 12.2. The lowest BCUT2D eigenvalue weighted by Crippen LogP contribution is -2.19. The first-order valence-corrected chi connectivity index (χ1v) is 11.7. The molecule has 3 rings (SSSR count). The maximum atomic E-state index is 11.6. The van der Waals surface area contributed by atoms with E-state index in [0.717, 1.165) is 11.8 Å². The highest BCUT2D eigenvalue weighted by Gasteiger charge is 2.13. The number of benzene rings is 3. The summed E-state index contributed by atoms with van der Waals surface area (Å²) in [7, 11) is -3.32. The summed E-state index contributed by atoms with van der Waals surface area (Å²) in [6.07, 6.45) is 0.790. The number of sulfone groups is 1. The van der Waals surface area contributed by atoms with Crippen molar-refractivity contribution in [1.29, 1.82) is 0 Å². The minimum Gasteiger partial charge on any atom is -0.488 e. The molecular weight excluding hydrogens is 432 g/mol. The summed E-state index contributed by atoms with van der Waals surface area (Å²) in [6.45, 7) is 2.58. The van der Waals surface area contributed by atoms with Crippen LogP contribution >= 0.6 is 0 Å². The summed E-state index contributed by atoms with van der Waals surface area (Å²) in [6, 6.07) is 20.0. The van der Waals surface area contributed by atoms with Crippen LogP contribution in [-0.2, 0) is 21.2 Å². The van der Waals surface area contributed by atoms with Gasteiger partial charge in [0.05, 0.1) is 23.7 Å². The Morgan fingerprint density at radius 2 is 1.59 bits per heavy atom. The summed E-state index contributed by atoms with van der Waals surface area (Å²) in [5.74, 6) is -0.182. The average molecular weight is 457 g/mol. The molecule has 168 valence electrons. The van der Waals surface area contributed by atoms with E-state index in [4.69, 9.17) is 14.2 Å². The highest BCUT2D eigenvalue weighted by molar-refractivity contribution is 7.90. The third-order valence-corrected chi connectivity index (χ3v) is 5.54. The van der Waals surface area contributed by atoms with Gasteiger partial charge in [0, 0.05) is 12.3 Å². The molecule has 1 N–H and O–H groups in total. The predicted molar refractivity (Wildman–Crippen MR) is 119 cm³/mol. The topological polar surface area (TPSA) is 99.1 Å². The maximum Gasteiger partial charge on any atom is 0.335 e. The fourth-order valence-electron chi connectivity index (χ4n) is 2.90. The Morgan fingerprint density at radius 3 is 2.22 bits per heavy atom. The number of aromatic carboxylic acids is 1. The number of carboxylic acids is 1. The van der Waals surface area contributed by atoms with Crippen molar-refractivity contribution in [2.45, 2.75) is 24.5 Å². The minimum atomic E-state index is -3.32. The van der Waals surface area contributed by atoms with E-state index in [-0.39, 0.29) is 22.3 Å². The molecule has 7 nitrogen and oxygen atoms in total. The van der Waals surface area contributed by atoms with Gasteiger partial charge in [0.1, 0.15) is 23.4 Å². The van der Waals surface area contributed by atoms with Crippen molar-refractivity contribution < 1.29 is 32.5 Å². The van der Waals surface area contributed by atoms with Crippen LogP contribution in [0.3, 0.4) is 0 Å². The molecule has 3 aromatic carbocycles. The molecule has 1 atom stereocenters. The largest absolute Gasteiger partial charge is 0.488 e. The highest BCUT2D eigenvalue weighted by atomic mass is 32.2. The maximum absolute atomic E-state index is 11.6. The van der Waals surface area contributed by atoms with E-state index >= 15 is 0 Å². The molecule has 0 aliphatic rings. The summed E-state index contributed by atoms with van der Waals surface area (Å²) in [4.78, 5) is 11.7. The van der Waals surface area contributed by atoms with Crippen LogP contribution < -0.4 is 9.47 Å². The molecule has 0 aromatic heterocycles. The fraction of sp³-hybridized carbons (Fsp3) is 0.208. The SMILES string of the molecule is C[C@@H](COCc1ccccc1)Oc1cc(Oc2ccc(S(C)(=O)=O)cc2)cc(C(=O)O)c1. The molecule has 0 heterocycles. The number of ether oxygens (including phenoxy) is 3. The van der Waals surface area contributed by atoms with Crippen molar-refractivity contribution in [2.24, 2.45) is 0 Å². The zero-order chi connectivity index (χ0) is 23.1. The molecule has 3 aromatic rings. The second kappa shape index (κ2) is 10.3. The van der Waals surface area contributed by atoms with Crippen molar-refractivity contribution in [3.63, 3.8) is 0 Å². The van der Waals surface area contributed by atoms with Crippen LogP contribution in [0.2, 0.25) is 0 Å². The van der Waals surface area contributed by atoms with Crippen LogP contribution in [0.15, 0.2) is 77.7 Å². The van der Waals surface area contributed by atoms with E-state index in [0.29, 0.717) is 24.7 Å². The first-order chi connectivity index (χ1) is 15.2. The van der Waals surface area contributed by atoms with Gasteiger partial charge < -0.3 is 19.3 Å². The van der Waals surface area contributed by atoms with Gasteiger partial charge >= 0.3 is 5.97 Å². The summed E-state index contributed by atoms with van der Waals surface area (Å²) in [5, 5.41) is 9.42. The van der Waals surface area contributed by atoms with E-state index in [1.807, 2.05) is 37.3 Å². The molecule has 0 fully saturated rings. The molecule has 0 radical (unpaired) electrons. The van der Waals surface area contributed by atoms with Crippen molar-refractivity contribution in [1.82, 2.24) is 0 Å². The molecule has 0 saturated heterocycles. The number of rotatable bonds is 10. The van der Waals surface area contributed by atoms with Gasteiger partial charge in [0.15, 0.2) is 9.84 Å². The van der Waals surface area contributed by atoms with Crippen molar-refractivity contribution in [2.75, 3.05) is 12.9 Å². The molecule has 0 saturated carbocycles. The Kier molecular flexibility index (Phi) is 7.50. The van der Waals surface area contributed by atoms with Gasteiger partial charge in [0.25, 0.3) is 0 Å². The van der Waals surface area contributed by atoms with Crippen molar-refractivity contribution in [3.05, 3.63) is 83.9 Å². The number of hydrogen-bond donors (Lipinski definition) is 1. The number of carbonyl (C=O) groups is 1. The van der Waals surface area contributed by atoms with E-state index in [2.05, 4.69) is 0 Å². The number of hydrogen-bond acceptors (Lipinski definition) is 6. The molecule has 0 spiro atoms. The second-order valence-electron chi connectivity index (χ2n) is 7.27. The van der Waals surface area contributed by atoms with Crippen molar-refractivity contribution >= 4 is 15.8 Å². The monoisotopic (exact) mass is 456 g/mol. The summed E-state index contributed by atoms with van der Waals surface area (Å²) >= 11 is 0. The predicted octanol–water partition coefficient (Wildman–Crippen LogP) is 4.56. The first kappa shape index (κ1) is 23.3. The second-order valence-corrected chi connectivity index (χ2v) is 9.29. The molecule has 0 bridgehead atoms. The zero-order valence-corrected chi connectivity index (χ0v) is 18.5. The Morgan fingerprint density at radius 1 is 0.938 bits per heavy atom. The van der Waals surface area contributed by atoms with Crippen LogP contribution in [-0.4, -0.2) is 38.5 Å². The van der Waals surface area contributed by atoms with Gasteiger partial charge in [-0.3, -0.25) is 0 Å². The first-order valence-electron chi connectivity index (χ1n) is 9.85. The van der Waals surface area contributed by atoms with Gasteiger partial charge in [0.2, 0.25) is 0 Å². The van der Waals surface area contributed by atoms with Gasteiger partial charge in [-0.1, -0.05) is 30.3 Å². The molecule has 0 amide bonds. The Labute approximate surface area is 187 Å². The third-order valence-electron chi connectivity index (χ3n) is 4.42. The van der Waals surface area contributed by atoms with Crippen LogP contribution in [0.5, 0.6) is 17.2 Å². The van der Waals surface area contributed by atoms with E-state index in [1.54, 1.807) is 6.07 Å². The quantitative estimate of drug-likeness (QED) is 0.477. The fourth-order valence-corrected chi connectivity index (χ4v) is 3.53. The van der Waals surface area contributed by atoms with Gasteiger partial charge in [-0.15, -0.1) is 0 Å². The standard InChI is InChI=1S/C24H24O7S/c1-17(15-29-16-18-6-4-3-5-7-18)30-21-12-19(24(25)26)13-22(14-21)31-20-8-10-23(11-9-20)32(2,27)28/h3-14,17H,15-16H2,1-2H3,(H,25,26)/t17-/m0/s1. The van der Waals surface area contributed by atoms with Crippen LogP contribution in [0.4, 0.5) is 0 Å². The lowest BCUT2D eigenvalue weighted by atomic mass is 10.2.